The Balaban J connectivity index is 1.99. The summed E-state index contributed by atoms with van der Waals surface area (Å²) in [7, 11) is 0. The van der Waals surface area contributed by atoms with Gasteiger partial charge in [-0.2, -0.15) is 0 Å². The van der Waals surface area contributed by atoms with Crippen LogP contribution in [0.3, 0.4) is 0 Å². The van der Waals surface area contributed by atoms with Gasteiger partial charge in [0.1, 0.15) is 6.04 Å². The third-order valence-corrected chi connectivity index (χ3v) is 3.46. The van der Waals surface area contributed by atoms with Crippen molar-refractivity contribution in [3.05, 3.63) is 0 Å². The summed E-state index contributed by atoms with van der Waals surface area (Å²) in [6, 6.07) is -0.361. The van der Waals surface area contributed by atoms with Crippen molar-refractivity contribution in [3.63, 3.8) is 0 Å². The van der Waals surface area contributed by atoms with Crippen LogP contribution in [0.4, 0.5) is 0 Å². The average molecular weight is 229 g/mol. The second-order valence-corrected chi connectivity index (χ2v) is 4.36. The molecule has 2 saturated heterocycles. The first-order chi connectivity index (χ1) is 7.76. The molecule has 0 aromatic rings. The van der Waals surface area contributed by atoms with Crippen molar-refractivity contribution < 1.29 is 15.0 Å². The van der Waals surface area contributed by atoms with Crippen molar-refractivity contribution in [2.45, 2.75) is 12.1 Å². The molecule has 2 aliphatic rings. The lowest BCUT2D eigenvalue weighted by molar-refractivity contribution is -0.133. The Labute approximate surface area is 94.8 Å². The molecule has 92 valence electrons. The predicted molar refractivity (Wildman–Crippen MR) is 57.9 cm³/mol. The summed E-state index contributed by atoms with van der Waals surface area (Å²) in [5, 5.41) is 21.1. The minimum Gasteiger partial charge on any atom is -0.395 e. The third-order valence-electron chi connectivity index (χ3n) is 3.46. The Morgan fingerprint density at radius 1 is 1.31 bits per heavy atom. The van der Waals surface area contributed by atoms with Gasteiger partial charge in [-0.05, 0) is 0 Å². The van der Waals surface area contributed by atoms with Crippen LogP contribution in [-0.4, -0.2) is 83.9 Å². The number of carbonyl (C=O) groups excluding carboxylic acids is 1. The lowest BCUT2D eigenvalue weighted by Crippen LogP contribution is -2.65. The lowest BCUT2D eigenvalue weighted by atomic mass is 10.1. The summed E-state index contributed by atoms with van der Waals surface area (Å²) < 4.78 is 0. The molecule has 16 heavy (non-hydrogen) atoms. The number of nitrogens with one attached hydrogen (secondary N) is 1. The average Bonchev–Trinajstić information content (AvgIpc) is 2.32. The molecular formula is C10H19N3O3. The Morgan fingerprint density at radius 2 is 2.06 bits per heavy atom. The zero-order valence-electron chi connectivity index (χ0n) is 9.30. The number of hydrogen-bond donors (Lipinski definition) is 3. The Hall–Kier alpha value is -0.690. The molecule has 0 aromatic heterocycles. The van der Waals surface area contributed by atoms with Crippen molar-refractivity contribution in [1.82, 2.24) is 15.1 Å². The first kappa shape index (κ1) is 11.8. The third kappa shape index (κ3) is 2.20. The highest BCUT2D eigenvalue weighted by Gasteiger charge is 2.36. The fourth-order valence-corrected chi connectivity index (χ4v) is 2.42. The van der Waals surface area contributed by atoms with Gasteiger partial charge in [-0.3, -0.25) is 14.6 Å². The van der Waals surface area contributed by atoms with E-state index in [-0.39, 0.29) is 31.2 Å². The van der Waals surface area contributed by atoms with E-state index < -0.39 is 0 Å². The van der Waals surface area contributed by atoms with Gasteiger partial charge >= 0.3 is 0 Å². The fourth-order valence-electron chi connectivity index (χ4n) is 2.42. The summed E-state index contributed by atoms with van der Waals surface area (Å²) in [4.78, 5) is 15.8. The number of piperazine rings is 2. The highest BCUT2D eigenvalue weighted by molar-refractivity contribution is 5.82. The zero-order valence-corrected chi connectivity index (χ0v) is 9.30. The van der Waals surface area contributed by atoms with Crippen LogP contribution in [0, 0.1) is 0 Å². The number of hydrogen-bond acceptors (Lipinski definition) is 5. The molecule has 0 unspecified atom stereocenters. The van der Waals surface area contributed by atoms with E-state index in [2.05, 4.69) is 10.2 Å². The van der Waals surface area contributed by atoms with Gasteiger partial charge in [-0.25, -0.2) is 0 Å². The largest absolute Gasteiger partial charge is 0.395 e. The monoisotopic (exact) mass is 229 g/mol. The van der Waals surface area contributed by atoms with Crippen LogP contribution in [-0.2, 0) is 4.79 Å². The highest BCUT2D eigenvalue weighted by Crippen LogP contribution is 2.14. The van der Waals surface area contributed by atoms with Crippen LogP contribution in [0.1, 0.15) is 0 Å². The Bertz CT molecular complexity index is 258. The van der Waals surface area contributed by atoms with E-state index in [0.29, 0.717) is 6.54 Å². The normalized spacial score (nSPS) is 27.9. The number of amides is 1. The maximum absolute atomic E-state index is 11.7. The molecule has 2 rings (SSSR count). The molecule has 6 nitrogen and oxygen atoms in total. The number of rotatable bonds is 3. The van der Waals surface area contributed by atoms with Crippen molar-refractivity contribution in [3.8, 4) is 0 Å². The molecule has 3 N–H and O–H groups in total. The summed E-state index contributed by atoms with van der Waals surface area (Å²) in [5.74, 6) is 0.0607. The first-order valence-corrected chi connectivity index (χ1v) is 5.73. The number of aliphatic hydroxyl groups is 2. The molecule has 0 aromatic carbocycles. The predicted octanol–water partition coefficient (Wildman–Crippen LogP) is -2.54. The molecule has 0 bridgehead atoms. The van der Waals surface area contributed by atoms with Crippen LogP contribution >= 0.6 is 0 Å². The van der Waals surface area contributed by atoms with Crippen molar-refractivity contribution in [1.29, 1.82) is 0 Å². The zero-order chi connectivity index (χ0) is 11.5. The summed E-state index contributed by atoms with van der Waals surface area (Å²) in [6.45, 7) is 3.71. The van der Waals surface area contributed by atoms with Gasteiger partial charge in [0.05, 0.1) is 19.3 Å². The second kappa shape index (κ2) is 5.09. The van der Waals surface area contributed by atoms with Crippen molar-refractivity contribution in [2.75, 3.05) is 45.9 Å². The number of carbonyl (C=O) groups is 1. The summed E-state index contributed by atoms with van der Waals surface area (Å²) in [6.07, 6.45) is 0. The van der Waals surface area contributed by atoms with E-state index in [1.165, 1.54) is 0 Å². The quantitative estimate of drug-likeness (QED) is 0.497. The molecule has 1 amide bonds. The van der Waals surface area contributed by atoms with Crippen LogP contribution in [0.15, 0.2) is 0 Å². The minimum atomic E-state index is -0.239. The van der Waals surface area contributed by atoms with Gasteiger partial charge in [-0.15, -0.1) is 0 Å². The molecule has 2 fully saturated rings. The van der Waals surface area contributed by atoms with E-state index >= 15 is 0 Å². The molecule has 2 heterocycles. The van der Waals surface area contributed by atoms with Gasteiger partial charge in [0.2, 0.25) is 5.91 Å². The van der Waals surface area contributed by atoms with Crippen molar-refractivity contribution >= 4 is 5.91 Å². The smallest absolute Gasteiger partial charge is 0.238 e. The van der Waals surface area contributed by atoms with Gasteiger partial charge in [-0.1, -0.05) is 0 Å². The standard InChI is InChI=1S/C10H19N3O3/c14-6-8(7-15)13-4-3-12-2-1-11-10(16)9(12)5-13/h8-9,14-15H,1-7H2,(H,11,16)/t9-/m0/s1. The van der Waals surface area contributed by atoms with E-state index in [4.69, 9.17) is 10.2 Å². The van der Waals surface area contributed by atoms with Crippen LogP contribution < -0.4 is 5.32 Å². The minimum absolute atomic E-state index is 0.0607. The van der Waals surface area contributed by atoms with Crippen LogP contribution in [0.5, 0.6) is 0 Å². The number of fused-ring (bicyclic) bond motifs is 1. The molecule has 0 spiro atoms. The molecular weight excluding hydrogens is 210 g/mol. The maximum Gasteiger partial charge on any atom is 0.238 e. The van der Waals surface area contributed by atoms with E-state index in [9.17, 15) is 4.79 Å². The molecule has 6 heteroatoms. The van der Waals surface area contributed by atoms with Gasteiger partial charge < -0.3 is 15.5 Å². The van der Waals surface area contributed by atoms with Gasteiger partial charge in [0.15, 0.2) is 0 Å². The summed E-state index contributed by atoms with van der Waals surface area (Å²) >= 11 is 0. The SMILES string of the molecule is O=C1NCCN2CCN(C(CO)CO)C[C@@H]12. The molecule has 0 radical (unpaired) electrons. The van der Waals surface area contributed by atoms with Crippen molar-refractivity contribution in [2.24, 2.45) is 0 Å². The number of nitrogens with zero attached hydrogens (tertiary/aromatic N) is 2. The van der Waals surface area contributed by atoms with E-state index in [0.717, 1.165) is 26.2 Å². The second-order valence-electron chi connectivity index (χ2n) is 4.36. The van der Waals surface area contributed by atoms with Crippen LogP contribution in [0.25, 0.3) is 0 Å². The van der Waals surface area contributed by atoms with E-state index in [1.54, 1.807) is 0 Å². The Kier molecular flexibility index (Phi) is 3.75. The van der Waals surface area contributed by atoms with E-state index in [1.807, 2.05) is 4.90 Å². The van der Waals surface area contributed by atoms with Gasteiger partial charge in [0.25, 0.3) is 0 Å². The Morgan fingerprint density at radius 3 is 2.75 bits per heavy atom. The van der Waals surface area contributed by atoms with Crippen LogP contribution in [0.2, 0.25) is 0 Å². The first-order valence-electron chi connectivity index (χ1n) is 5.73. The summed E-state index contributed by atoms with van der Waals surface area (Å²) in [5.41, 5.74) is 0. The fraction of sp³-hybridized carbons (Fsp3) is 0.900. The maximum atomic E-state index is 11.7. The number of aliphatic hydroxyl groups excluding tert-OH is 2. The molecule has 0 saturated carbocycles. The topological polar surface area (TPSA) is 76.0 Å². The molecule has 2 aliphatic heterocycles. The highest BCUT2D eigenvalue weighted by atomic mass is 16.3. The molecule has 1 atom stereocenters. The lowest BCUT2D eigenvalue weighted by Gasteiger charge is -2.44. The molecule has 0 aliphatic carbocycles. The van der Waals surface area contributed by atoms with Gasteiger partial charge in [0, 0.05) is 32.7 Å².